The van der Waals surface area contributed by atoms with Crippen molar-refractivity contribution in [3.63, 3.8) is 0 Å². The standard InChI is InChI=1S/C23H26N6O2/c1-13(2)11-24-23-27-20-17(9-14(3)10-18(20)21-28-25-12-29(21)23)15(4)26-19-8-6-5-7-16(19)22(30)31/h5-10,12-13,15,26H,11H2,1-4H3,(H,24,27)(H,30,31)/t15-/m1/s1. The summed E-state index contributed by atoms with van der Waals surface area (Å²) in [6, 6.07) is 10.9. The third-order valence-electron chi connectivity index (χ3n) is 5.18. The van der Waals surface area contributed by atoms with Crippen molar-refractivity contribution in [3.8, 4) is 0 Å². The molecule has 0 fully saturated rings. The fraction of sp³-hybridized carbons (Fsp3) is 0.304. The van der Waals surface area contributed by atoms with Crippen LogP contribution in [0.5, 0.6) is 0 Å². The number of carboxylic acid groups (broad SMARTS) is 1. The zero-order chi connectivity index (χ0) is 22.1. The highest BCUT2D eigenvalue weighted by Gasteiger charge is 2.19. The Morgan fingerprint density at radius 1 is 1.19 bits per heavy atom. The molecular weight excluding hydrogens is 392 g/mol. The maximum atomic E-state index is 11.6. The molecule has 0 aliphatic rings. The van der Waals surface area contributed by atoms with Crippen LogP contribution in [0.15, 0.2) is 42.7 Å². The molecule has 0 aliphatic carbocycles. The van der Waals surface area contributed by atoms with Gasteiger partial charge in [0.1, 0.15) is 6.33 Å². The van der Waals surface area contributed by atoms with Crippen molar-refractivity contribution in [1.29, 1.82) is 0 Å². The second-order valence-corrected chi connectivity index (χ2v) is 8.20. The van der Waals surface area contributed by atoms with Crippen molar-refractivity contribution in [2.75, 3.05) is 17.2 Å². The number of aromatic nitrogens is 4. The number of aryl methyl sites for hydroxylation is 1. The number of nitrogens with one attached hydrogen (secondary N) is 2. The minimum atomic E-state index is -0.965. The normalized spacial score (nSPS) is 12.4. The zero-order valence-corrected chi connectivity index (χ0v) is 18.0. The Balaban J connectivity index is 1.84. The van der Waals surface area contributed by atoms with Gasteiger partial charge in [-0.1, -0.05) is 32.0 Å². The predicted molar refractivity (Wildman–Crippen MR) is 122 cm³/mol. The molecule has 2 aromatic carbocycles. The molecule has 0 bridgehead atoms. The first-order valence-electron chi connectivity index (χ1n) is 10.3. The number of hydrogen-bond donors (Lipinski definition) is 3. The van der Waals surface area contributed by atoms with Crippen LogP contribution in [0, 0.1) is 12.8 Å². The highest BCUT2D eigenvalue weighted by Crippen LogP contribution is 2.31. The van der Waals surface area contributed by atoms with E-state index >= 15 is 0 Å². The molecule has 31 heavy (non-hydrogen) atoms. The molecule has 2 heterocycles. The predicted octanol–water partition coefficient (Wildman–Crippen LogP) is 4.53. The van der Waals surface area contributed by atoms with Gasteiger partial charge in [-0.05, 0) is 43.5 Å². The topological polar surface area (TPSA) is 104 Å². The first-order chi connectivity index (χ1) is 14.8. The van der Waals surface area contributed by atoms with Crippen molar-refractivity contribution in [2.45, 2.75) is 33.7 Å². The van der Waals surface area contributed by atoms with Crippen molar-refractivity contribution in [2.24, 2.45) is 5.92 Å². The Morgan fingerprint density at radius 2 is 1.97 bits per heavy atom. The van der Waals surface area contributed by atoms with E-state index in [4.69, 9.17) is 4.98 Å². The number of carbonyl (C=O) groups is 1. The Kier molecular flexibility index (Phi) is 5.46. The summed E-state index contributed by atoms with van der Waals surface area (Å²) in [7, 11) is 0. The summed E-state index contributed by atoms with van der Waals surface area (Å²) in [5, 5.41) is 25.6. The number of aromatic carboxylic acids is 1. The van der Waals surface area contributed by atoms with Gasteiger partial charge in [0.15, 0.2) is 5.65 Å². The molecule has 0 spiro atoms. The number of carboxylic acids is 1. The molecule has 0 unspecified atom stereocenters. The number of benzene rings is 2. The largest absolute Gasteiger partial charge is 0.478 e. The monoisotopic (exact) mass is 418 g/mol. The van der Waals surface area contributed by atoms with Crippen LogP contribution < -0.4 is 10.6 Å². The summed E-state index contributed by atoms with van der Waals surface area (Å²) >= 11 is 0. The third kappa shape index (κ3) is 4.01. The van der Waals surface area contributed by atoms with Crippen LogP contribution in [0.2, 0.25) is 0 Å². The lowest BCUT2D eigenvalue weighted by molar-refractivity contribution is 0.0698. The van der Waals surface area contributed by atoms with Crippen molar-refractivity contribution >= 4 is 34.2 Å². The van der Waals surface area contributed by atoms with Gasteiger partial charge in [-0.3, -0.25) is 4.40 Å². The van der Waals surface area contributed by atoms with E-state index in [1.165, 1.54) is 0 Å². The lowest BCUT2D eigenvalue weighted by Gasteiger charge is -2.20. The maximum absolute atomic E-state index is 11.6. The molecule has 0 saturated heterocycles. The van der Waals surface area contributed by atoms with Gasteiger partial charge < -0.3 is 15.7 Å². The summed E-state index contributed by atoms with van der Waals surface area (Å²) in [5.41, 5.74) is 4.38. The van der Waals surface area contributed by atoms with Gasteiger partial charge in [-0.2, -0.15) is 0 Å². The molecule has 0 saturated carbocycles. The number of hydrogen-bond acceptors (Lipinski definition) is 6. The summed E-state index contributed by atoms with van der Waals surface area (Å²) in [5.74, 6) is 0.173. The molecule has 1 atom stereocenters. The Labute approximate surface area is 180 Å². The average Bonchev–Trinajstić information content (AvgIpc) is 3.22. The van der Waals surface area contributed by atoms with Crippen LogP contribution >= 0.6 is 0 Å². The second-order valence-electron chi connectivity index (χ2n) is 8.20. The lowest BCUT2D eigenvalue weighted by Crippen LogP contribution is -2.14. The van der Waals surface area contributed by atoms with Gasteiger partial charge in [0, 0.05) is 23.2 Å². The van der Waals surface area contributed by atoms with E-state index in [0.29, 0.717) is 17.6 Å². The van der Waals surface area contributed by atoms with Crippen LogP contribution in [-0.2, 0) is 0 Å². The van der Waals surface area contributed by atoms with Crippen LogP contribution in [0.25, 0.3) is 16.6 Å². The van der Waals surface area contributed by atoms with Crippen LogP contribution in [-0.4, -0.2) is 37.2 Å². The van der Waals surface area contributed by atoms with Crippen molar-refractivity contribution < 1.29 is 9.90 Å². The van der Waals surface area contributed by atoms with E-state index in [1.807, 2.05) is 24.3 Å². The fourth-order valence-electron chi connectivity index (χ4n) is 3.69. The first-order valence-corrected chi connectivity index (χ1v) is 10.3. The number of rotatable bonds is 7. The minimum absolute atomic E-state index is 0.182. The molecule has 0 amide bonds. The number of para-hydroxylation sites is 1. The summed E-state index contributed by atoms with van der Waals surface area (Å²) in [4.78, 5) is 16.5. The summed E-state index contributed by atoms with van der Waals surface area (Å²) < 4.78 is 1.87. The molecule has 3 N–H and O–H groups in total. The van der Waals surface area contributed by atoms with Crippen LogP contribution in [0.3, 0.4) is 0 Å². The first kappa shape index (κ1) is 20.6. The smallest absolute Gasteiger partial charge is 0.337 e. The van der Waals surface area contributed by atoms with E-state index in [2.05, 4.69) is 46.8 Å². The van der Waals surface area contributed by atoms with Gasteiger partial charge in [-0.25, -0.2) is 9.78 Å². The molecule has 2 aromatic heterocycles. The van der Waals surface area contributed by atoms with Crippen molar-refractivity contribution in [3.05, 3.63) is 59.4 Å². The highest BCUT2D eigenvalue weighted by atomic mass is 16.4. The second kappa shape index (κ2) is 8.22. The van der Waals surface area contributed by atoms with E-state index < -0.39 is 5.97 Å². The molecule has 160 valence electrons. The number of nitrogens with zero attached hydrogens (tertiary/aromatic N) is 4. The molecule has 0 radical (unpaired) electrons. The Hall–Kier alpha value is -3.68. The van der Waals surface area contributed by atoms with Crippen LogP contribution in [0.4, 0.5) is 11.6 Å². The molecule has 4 aromatic rings. The van der Waals surface area contributed by atoms with E-state index in [0.717, 1.165) is 34.2 Å². The maximum Gasteiger partial charge on any atom is 0.337 e. The lowest BCUT2D eigenvalue weighted by atomic mass is 10.0. The molecule has 4 rings (SSSR count). The highest BCUT2D eigenvalue weighted by molar-refractivity contribution is 5.96. The minimum Gasteiger partial charge on any atom is -0.478 e. The summed E-state index contributed by atoms with van der Waals surface area (Å²) in [6.07, 6.45) is 1.66. The SMILES string of the molecule is Cc1cc([C@@H](C)Nc2ccccc2C(=O)O)c2nc(NCC(C)C)n3cnnc3c2c1. The van der Waals surface area contributed by atoms with Gasteiger partial charge in [0.05, 0.1) is 17.1 Å². The van der Waals surface area contributed by atoms with Gasteiger partial charge in [-0.15, -0.1) is 10.2 Å². The van der Waals surface area contributed by atoms with E-state index in [1.54, 1.807) is 24.5 Å². The quantitative estimate of drug-likeness (QED) is 0.405. The van der Waals surface area contributed by atoms with Gasteiger partial charge in [0.2, 0.25) is 5.95 Å². The molecule has 8 heteroatoms. The van der Waals surface area contributed by atoms with Gasteiger partial charge >= 0.3 is 5.97 Å². The molecule has 8 nitrogen and oxygen atoms in total. The number of fused-ring (bicyclic) bond motifs is 3. The van der Waals surface area contributed by atoms with E-state index in [-0.39, 0.29) is 11.6 Å². The average molecular weight is 419 g/mol. The number of anilines is 2. The van der Waals surface area contributed by atoms with Crippen LogP contribution in [0.1, 0.15) is 48.3 Å². The molecule has 0 aliphatic heterocycles. The summed E-state index contributed by atoms with van der Waals surface area (Å²) in [6.45, 7) is 9.07. The Bertz CT molecular complexity index is 1260. The Morgan fingerprint density at radius 3 is 2.71 bits per heavy atom. The van der Waals surface area contributed by atoms with Crippen molar-refractivity contribution in [1.82, 2.24) is 19.6 Å². The van der Waals surface area contributed by atoms with E-state index in [9.17, 15) is 9.90 Å². The van der Waals surface area contributed by atoms with Gasteiger partial charge in [0.25, 0.3) is 0 Å². The third-order valence-corrected chi connectivity index (χ3v) is 5.18. The molecular formula is C23H26N6O2. The fourth-order valence-corrected chi connectivity index (χ4v) is 3.69. The zero-order valence-electron chi connectivity index (χ0n) is 18.0.